The highest BCUT2D eigenvalue weighted by molar-refractivity contribution is 5.77. The van der Waals surface area contributed by atoms with Gasteiger partial charge in [0.2, 0.25) is 5.91 Å². The Morgan fingerprint density at radius 1 is 1.16 bits per heavy atom. The van der Waals surface area contributed by atoms with Crippen molar-refractivity contribution < 1.29 is 4.79 Å². The fourth-order valence-electron chi connectivity index (χ4n) is 3.37. The van der Waals surface area contributed by atoms with Crippen LogP contribution in [0.3, 0.4) is 0 Å². The van der Waals surface area contributed by atoms with Crippen LogP contribution in [0, 0.1) is 12.8 Å². The molecule has 1 fully saturated rings. The van der Waals surface area contributed by atoms with E-state index in [1.165, 1.54) is 18.4 Å². The van der Waals surface area contributed by atoms with Gasteiger partial charge in [0, 0.05) is 56.3 Å². The summed E-state index contributed by atoms with van der Waals surface area (Å²) in [6.07, 6.45) is 6.78. The van der Waals surface area contributed by atoms with E-state index in [1.807, 2.05) is 42.4 Å². The first kappa shape index (κ1) is 16.1. The van der Waals surface area contributed by atoms with Crippen LogP contribution in [0.15, 0.2) is 36.7 Å². The third-order valence-electron chi connectivity index (χ3n) is 5.03. The number of carbonyl (C=O) groups excluding carboxylic acids is 1. The van der Waals surface area contributed by atoms with Crippen LogP contribution >= 0.6 is 0 Å². The average molecular weight is 336 g/mol. The minimum Gasteiger partial charge on any atom is -0.350 e. The van der Waals surface area contributed by atoms with Crippen molar-refractivity contribution in [3.8, 4) is 0 Å². The first-order valence-electron chi connectivity index (χ1n) is 9.07. The van der Waals surface area contributed by atoms with Crippen LogP contribution in [-0.2, 0) is 17.9 Å². The van der Waals surface area contributed by atoms with Gasteiger partial charge in [-0.15, -0.1) is 0 Å². The monoisotopic (exact) mass is 336 g/mol. The number of fused-ring (bicyclic) bond motifs is 1. The van der Waals surface area contributed by atoms with E-state index in [4.69, 9.17) is 4.98 Å². The molecule has 2 aromatic rings. The third kappa shape index (κ3) is 3.81. The Hall–Kier alpha value is -2.43. The summed E-state index contributed by atoms with van der Waals surface area (Å²) in [5, 5.41) is 0. The van der Waals surface area contributed by atoms with Gasteiger partial charge in [0.05, 0.1) is 0 Å². The van der Waals surface area contributed by atoms with Crippen LogP contribution in [0.1, 0.15) is 36.1 Å². The number of hydrogen-bond donors (Lipinski definition) is 0. The molecule has 5 nitrogen and oxygen atoms in total. The number of anilines is 1. The Kier molecular flexibility index (Phi) is 4.38. The second-order valence-electron chi connectivity index (χ2n) is 7.18. The predicted octanol–water partition coefficient (Wildman–Crippen LogP) is 2.93. The molecule has 0 saturated heterocycles. The van der Waals surface area contributed by atoms with Crippen LogP contribution in [0.5, 0.6) is 0 Å². The van der Waals surface area contributed by atoms with Gasteiger partial charge in [-0.25, -0.2) is 4.98 Å². The summed E-state index contributed by atoms with van der Waals surface area (Å²) >= 11 is 0. The minimum atomic E-state index is 0.291. The highest BCUT2D eigenvalue weighted by atomic mass is 16.2. The standard InChI is InChI=1S/C20H24N4O/c1-15-2-5-18-14-23(19(25)12-16-3-4-16)10-11-24(20(18)22-15)13-17-6-8-21-9-7-17/h2,5-9,16H,3-4,10-14H2,1H3. The molecule has 1 aliphatic heterocycles. The third-order valence-corrected chi connectivity index (χ3v) is 5.03. The summed E-state index contributed by atoms with van der Waals surface area (Å²) in [5.41, 5.74) is 3.36. The molecule has 1 aliphatic carbocycles. The zero-order valence-corrected chi connectivity index (χ0v) is 14.7. The van der Waals surface area contributed by atoms with Crippen LogP contribution in [-0.4, -0.2) is 33.9 Å². The Balaban J connectivity index is 1.58. The van der Waals surface area contributed by atoms with Gasteiger partial charge in [-0.05, 0) is 49.4 Å². The molecule has 0 radical (unpaired) electrons. The lowest BCUT2D eigenvalue weighted by molar-refractivity contribution is -0.132. The van der Waals surface area contributed by atoms with E-state index >= 15 is 0 Å². The smallest absolute Gasteiger partial charge is 0.223 e. The number of rotatable bonds is 4. The highest BCUT2D eigenvalue weighted by Gasteiger charge is 2.29. The summed E-state index contributed by atoms with van der Waals surface area (Å²) < 4.78 is 0. The maximum absolute atomic E-state index is 12.6. The normalized spacial score (nSPS) is 17.2. The molecule has 3 heterocycles. The minimum absolute atomic E-state index is 0.291. The zero-order chi connectivity index (χ0) is 17.2. The fraction of sp³-hybridized carbons (Fsp3) is 0.450. The van der Waals surface area contributed by atoms with Crippen LogP contribution in [0.4, 0.5) is 5.82 Å². The average Bonchev–Trinajstić information content (AvgIpc) is 3.44. The van der Waals surface area contributed by atoms with E-state index in [2.05, 4.69) is 16.0 Å². The van der Waals surface area contributed by atoms with Crippen molar-refractivity contribution in [1.29, 1.82) is 0 Å². The van der Waals surface area contributed by atoms with E-state index < -0.39 is 0 Å². The molecule has 5 heteroatoms. The molecular formula is C20H24N4O. The van der Waals surface area contributed by atoms with E-state index in [0.29, 0.717) is 24.8 Å². The van der Waals surface area contributed by atoms with E-state index in [1.54, 1.807) is 0 Å². The molecule has 130 valence electrons. The summed E-state index contributed by atoms with van der Waals surface area (Å²) in [4.78, 5) is 25.8. The predicted molar refractivity (Wildman–Crippen MR) is 97.0 cm³/mol. The molecule has 25 heavy (non-hydrogen) atoms. The number of aromatic nitrogens is 2. The maximum Gasteiger partial charge on any atom is 0.223 e. The van der Waals surface area contributed by atoms with Gasteiger partial charge in [-0.1, -0.05) is 6.07 Å². The Bertz CT molecular complexity index is 758. The molecule has 0 atom stereocenters. The largest absolute Gasteiger partial charge is 0.350 e. The molecule has 1 saturated carbocycles. The molecule has 0 bridgehead atoms. The number of carbonyl (C=O) groups is 1. The van der Waals surface area contributed by atoms with Gasteiger partial charge in [0.25, 0.3) is 0 Å². The fourth-order valence-corrected chi connectivity index (χ4v) is 3.37. The molecule has 0 aromatic carbocycles. The summed E-state index contributed by atoms with van der Waals surface area (Å²) in [5.74, 6) is 1.93. The van der Waals surface area contributed by atoms with E-state index in [-0.39, 0.29) is 0 Å². The van der Waals surface area contributed by atoms with Crippen LogP contribution in [0.2, 0.25) is 0 Å². The summed E-state index contributed by atoms with van der Waals surface area (Å²) in [6, 6.07) is 8.24. The van der Waals surface area contributed by atoms with Gasteiger partial charge in [-0.3, -0.25) is 9.78 Å². The molecule has 2 aliphatic rings. The van der Waals surface area contributed by atoms with Gasteiger partial charge in [-0.2, -0.15) is 0 Å². The van der Waals surface area contributed by atoms with Crippen molar-refractivity contribution in [2.45, 2.75) is 39.3 Å². The molecule has 0 unspecified atom stereocenters. The summed E-state index contributed by atoms with van der Waals surface area (Å²) in [6.45, 7) is 5.04. The van der Waals surface area contributed by atoms with Crippen molar-refractivity contribution in [3.05, 3.63) is 53.5 Å². The van der Waals surface area contributed by atoms with E-state index in [9.17, 15) is 4.79 Å². The van der Waals surface area contributed by atoms with Crippen molar-refractivity contribution in [2.75, 3.05) is 18.0 Å². The number of hydrogen-bond acceptors (Lipinski definition) is 4. The molecule has 0 N–H and O–H groups in total. The number of pyridine rings is 2. The molecule has 0 spiro atoms. The second kappa shape index (κ2) is 6.82. The second-order valence-corrected chi connectivity index (χ2v) is 7.18. The van der Waals surface area contributed by atoms with Gasteiger partial charge >= 0.3 is 0 Å². The number of amides is 1. The van der Waals surface area contributed by atoms with Gasteiger partial charge in [0.15, 0.2) is 0 Å². The lowest BCUT2D eigenvalue weighted by Crippen LogP contribution is -2.35. The molecule has 2 aromatic heterocycles. The first-order chi connectivity index (χ1) is 12.2. The maximum atomic E-state index is 12.6. The molecule has 1 amide bonds. The van der Waals surface area contributed by atoms with Crippen LogP contribution < -0.4 is 4.90 Å². The topological polar surface area (TPSA) is 49.3 Å². The Morgan fingerprint density at radius 2 is 1.96 bits per heavy atom. The van der Waals surface area contributed by atoms with Crippen molar-refractivity contribution in [3.63, 3.8) is 0 Å². The first-order valence-corrected chi connectivity index (χ1v) is 9.07. The Labute approximate surface area is 148 Å². The molecular weight excluding hydrogens is 312 g/mol. The highest BCUT2D eigenvalue weighted by Crippen LogP contribution is 2.33. The van der Waals surface area contributed by atoms with Gasteiger partial charge in [0.1, 0.15) is 5.82 Å². The number of nitrogens with zero attached hydrogens (tertiary/aromatic N) is 4. The SMILES string of the molecule is Cc1ccc2c(n1)N(Cc1ccncc1)CCN(C(=O)CC1CC1)C2. The lowest BCUT2D eigenvalue weighted by atomic mass is 10.2. The van der Waals surface area contributed by atoms with Crippen molar-refractivity contribution in [1.82, 2.24) is 14.9 Å². The quantitative estimate of drug-likeness (QED) is 0.861. The van der Waals surface area contributed by atoms with Crippen molar-refractivity contribution >= 4 is 11.7 Å². The number of aryl methyl sites for hydroxylation is 1. The van der Waals surface area contributed by atoms with Gasteiger partial charge < -0.3 is 9.80 Å². The van der Waals surface area contributed by atoms with E-state index in [0.717, 1.165) is 36.7 Å². The molecule has 4 rings (SSSR count). The van der Waals surface area contributed by atoms with Crippen LogP contribution in [0.25, 0.3) is 0 Å². The zero-order valence-electron chi connectivity index (χ0n) is 14.7. The lowest BCUT2D eigenvalue weighted by Gasteiger charge is -2.24. The Morgan fingerprint density at radius 3 is 2.72 bits per heavy atom. The van der Waals surface area contributed by atoms with Crippen molar-refractivity contribution in [2.24, 2.45) is 5.92 Å². The summed E-state index contributed by atoms with van der Waals surface area (Å²) in [7, 11) is 0.